The van der Waals surface area contributed by atoms with Gasteiger partial charge in [-0.05, 0) is 48.6 Å². The number of aliphatic carboxylic acids is 1. The molecule has 0 unspecified atom stereocenters. The summed E-state index contributed by atoms with van der Waals surface area (Å²) in [4.78, 5) is 13.0. The minimum atomic E-state index is -0.740. The van der Waals surface area contributed by atoms with E-state index in [4.69, 9.17) is 5.11 Å². The third-order valence-corrected chi connectivity index (χ3v) is 5.41. The molecule has 0 amide bonds. The Morgan fingerprint density at radius 1 is 1.12 bits per heavy atom. The fourth-order valence-corrected chi connectivity index (χ4v) is 3.79. The van der Waals surface area contributed by atoms with E-state index in [-0.39, 0.29) is 6.54 Å². The molecule has 0 aliphatic heterocycles. The van der Waals surface area contributed by atoms with Crippen LogP contribution >= 0.6 is 0 Å². The molecule has 138 valence electrons. The molecule has 0 aromatic heterocycles. The number of carboxylic acid groups (broad SMARTS) is 1. The van der Waals surface area contributed by atoms with Gasteiger partial charge in [0.25, 0.3) is 0 Å². The minimum Gasteiger partial charge on any atom is -0.480 e. The predicted molar refractivity (Wildman–Crippen MR) is 105 cm³/mol. The van der Waals surface area contributed by atoms with Gasteiger partial charge in [0.1, 0.15) is 0 Å². The van der Waals surface area contributed by atoms with Gasteiger partial charge in [0.2, 0.25) is 0 Å². The van der Waals surface area contributed by atoms with Gasteiger partial charge in [-0.2, -0.15) is 0 Å². The van der Waals surface area contributed by atoms with Crippen molar-refractivity contribution < 1.29 is 9.90 Å². The van der Waals surface area contributed by atoms with Crippen LogP contribution in [0.5, 0.6) is 0 Å². The molecule has 1 aliphatic carbocycles. The first-order chi connectivity index (χ1) is 12.6. The Morgan fingerprint density at radius 3 is 2.42 bits per heavy atom. The zero-order chi connectivity index (χ0) is 18.5. The summed E-state index contributed by atoms with van der Waals surface area (Å²) in [6.45, 7) is 5.96. The van der Waals surface area contributed by atoms with Crippen LogP contribution in [0.2, 0.25) is 0 Å². The maximum Gasteiger partial charge on any atom is 0.317 e. The normalized spacial score (nSPS) is 19.3. The molecule has 0 saturated heterocycles. The van der Waals surface area contributed by atoms with E-state index in [0.717, 1.165) is 25.9 Å². The molecule has 0 atom stereocenters. The molecule has 4 heteroatoms. The Kier molecular flexibility index (Phi) is 6.07. The van der Waals surface area contributed by atoms with Crippen LogP contribution in [0.1, 0.15) is 30.9 Å². The zero-order valence-corrected chi connectivity index (χ0v) is 15.6. The molecule has 1 fully saturated rings. The van der Waals surface area contributed by atoms with Crippen molar-refractivity contribution in [2.45, 2.75) is 45.3 Å². The van der Waals surface area contributed by atoms with Crippen molar-refractivity contribution in [1.29, 1.82) is 0 Å². The highest BCUT2D eigenvalue weighted by Crippen LogP contribution is 2.29. The van der Waals surface area contributed by atoms with Gasteiger partial charge in [-0.1, -0.05) is 55.5 Å². The molecule has 2 aromatic carbocycles. The van der Waals surface area contributed by atoms with Gasteiger partial charge in [0.15, 0.2) is 0 Å². The fraction of sp³-hybridized carbons (Fsp3) is 0.409. The molecule has 0 spiro atoms. The zero-order valence-electron chi connectivity index (χ0n) is 15.6. The SMILES string of the molecule is CCN(CC(=O)O)C1CC(NCc2ccccc2-c2ccccc2C)C1. The van der Waals surface area contributed by atoms with Gasteiger partial charge >= 0.3 is 5.97 Å². The molecule has 0 radical (unpaired) electrons. The lowest BCUT2D eigenvalue weighted by molar-refractivity contribution is -0.139. The maximum atomic E-state index is 10.9. The summed E-state index contributed by atoms with van der Waals surface area (Å²) in [7, 11) is 0. The van der Waals surface area contributed by atoms with Gasteiger partial charge in [-0.25, -0.2) is 0 Å². The highest BCUT2D eigenvalue weighted by molar-refractivity contribution is 5.70. The number of carboxylic acids is 1. The summed E-state index contributed by atoms with van der Waals surface area (Å²) in [5, 5.41) is 12.7. The summed E-state index contributed by atoms with van der Waals surface area (Å²) in [6.07, 6.45) is 2.04. The Balaban J connectivity index is 1.59. The average Bonchev–Trinajstić information content (AvgIpc) is 2.60. The number of hydrogen-bond donors (Lipinski definition) is 2. The van der Waals surface area contributed by atoms with Crippen molar-refractivity contribution in [2.75, 3.05) is 13.1 Å². The lowest BCUT2D eigenvalue weighted by Crippen LogP contribution is -2.53. The summed E-state index contributed by atoms with van der Waals surface area (Å²) in [5.41, 5.74) is 5.17. The first-order valence-electron chi connectivity index (χ1n) is 9.41. The number of likely N-dealkylation sites (N-methyl/N-ethyl adjacent to an activating group) is 1. The molecule has 0 bridgehead atoms. The number of nitrogens with zero attached hydrogens (tertiary/aromatic N) is 1. The highest BCUT2D eigenvalue weighted by Gasteiger charge is 2.33. The molecule has 3 rings (SSSR count). The van der Waals surface area contributed by atoms with Crippen molar-refractivity contribution in [2.24, 2.45) is 0 Å². The lowest BCUT2D eigenvalue weighted by atomic mass is 9.85. The van der Waals surface area contributed by atoms with E-state index in [1.165, 1.54) is 22.3 Å². The Bertz CT molecular complexity index is 753. The molecular weight excluding hydrogens is 324 g/mol. The van der Waals surface area contributed by atoms with Gasteiger partial charge in [-0.15, -0.1) is 0 Å². The van der Waals surface area contributed by atoms with E-state index in [1.54, 1.807) is 0 Å². The van der Waals surface area contributed by atoms with Crippen LogP contribution < -0.4 is 5.32 Å². The van der Waals surface area contributed by atoms with E-state index < -0.39 is 5.97 Å². The van der Waals surface area contributed by atoms with E-state index >= 15 is 0 Å². The largest absolute Gasteiger partial charge is 0.480 e. The number of aryl methyl sites for hydroxylation is 1. The van der Waals surface area contributed by atoms with Crippen LogP contribution in [0.3, 0.4) is 0 Å². The van der Waals surface area contributed by atoms with Crippen molar-refractivity contribution in [3.8, 4) is 11.1 Å². The van der Waals surface area contributed by atoms with Crippen LogP contribution in [-0.4, -0.2) is 41.1 Å². The number of rotatable bonds is 8. The van der Waals surface area contributed by atoms with Crippen molar-refractivity contribution in [3.05, 3.63) is 59.7 Å². The van der Waals surface area contributed by atoms with E-state index in [9.17, 15) is 4.79 Å². The summed E-state index contributed by atoms with van der Waals surface area (Å²) >= 11 is 0. The van der Waals surface area contributed by atoms with E-state index in [1.807, 2.05) is 6.92 Å². The third kappa shape index (κ3) is 4.32. The van der Waals surface area contributed by atoms with Crippen LogP contribution in [-0.2, 0) is 11.3 Å². The first-order valence-corrected chi connectivity index (χ1v) is 9.41. The van der Waals surface area contributed by atoms with E-state index in [0.29, 0.717) is 12.1 Å². The topological polar surface area (TPSA) is 52.6 Å². The predicted octanol–water partition coefficient (Wildman–Crippen LogP) is 3.69. The fourth-order valence-electron chi connectivity index (χ4n) is 3.79. The summed E-state index contributed by atoms with van der Waals surface area (Å²) in [5.74, 6) is -0.740. The molecule has 4 nitrogen and oxygen atoms in total. The summed E-state index contributed by atoms with van der Waals surface area (Å²) in [6, 6.07) is 17.9. The molecular formula is C22H28N2O2. The third-order valence-electron chi connectivity index (χ3n) is 5.41. The van der Waals surface area contributed by atoms with Crippen molar-refractivity contribution in [1.82, 2.24) is 10.2 Å². The van der Waals surface area contributed by atoms with Crippen LogP contribution in [0.25, 0.3) is 11.1 Å². The molecule has 2 N–H and O–H groups in total. The number of carbonyl (C=O) groups is 1. The molecule has 26 heavy (non-hydrogen) atoms. The minimum absolute atomic E-state index is 0.143. The molecule has 1 saturated carbocycles. The maximum absolute atomic E-state index is 10.9. The Morgan fingerprint density at radius 2 is 1.77 bits per heavy atom. The average molecular weight is 352 g/mol. The number of benzene rings is 2. The second kappa shape index (κ2) is 8.47. The monoisotopic (exact) mass is 352 g/mol. The second-order valence-electron chi connectivity index (χ2n) is 7.13. The standard InChI is InChI=1S/C22H28N2O2/c1-3-24(15-22(25)26)19-12-18(13-19)23-14-17-9-5-7-11-21(17)20-10-6-4-8-16(20)2/h4-11,18-19,23H,3,12-15H2,1-2H3,(H,25,26). The van der Waals surface area contributed by atoms with Gasteiger partial charge in [-0.3, -0.25) is 9.69 Å². The Labute approximate surface area is 155 Å². The van der Waals surface area contributed by atoms with Gasteiger partial charge in [0, 0.05) is 18.6 Å². The van der Waals surface area contributed by atoms with Crippen LogP contribution in [0, 0.1) is 6.92 Å². The lowest BCUT2D eigenvalue weighted by Gasteiger charge is -2.42. The van der Waals surface area contributed by atoms with Crippen molar-refractivity contribution in [3.63, 3.8) is 0 Å². The quantitative estimate of drug-likeness (QED) is 0.761. The molecule has 0 heterocycles. The Hall–Kier alpha value is -2.17. The van der Waals surface area contributed by atoms with Crippen LogP contribution in [0.15, 0.2) is 48.5 Å². The first kappa shape index (κ1) is 18.6. The van der Waals surface area contributed by atoms with Gasteiger partial charge < -0.3 is 10.4 Å². The van der Waals surface area contributed by atoms with Crippen LogP contribution in [0.4, 0.5) is 0 Å². The number of nitrogens with one attached hydrogen (secondary N) is 1. The van der Waals surface area contributed by atoms with Gasteiger partial charge in [0.05, 0.1) is 6.54 Å². The molecule has 1 aliphatic rings. The highest BCUT2D eigenvalue weighted by atomic mass is 16.4. The molecule has 2 aromatic rings. The van der Waals surface area contributed by atoms with Crippen molar-refractivity contribution >= 4 is 5.97 Å². The number of hydrogen-bond acceptors (Lipinski definition) is 3. The summed E-state index contributed by atoms with van der Waals surface area (Å²) < 4.78 is 0. The van der Waals surface area contributed by atoms with E-state index in [2.05, 4.69) is 65.7 Å². The second-order valence-corrected chi connectivity index (χ2v) is 7.13. The smallest absolute Gasteiger partial charge is 0.317 e.